The molecule has 0 spiro atoms. The highest BCUT2D eigenvalue weighted by Crippen LogP contribution is 2.33. The summed E-state index contributed by atoms with van der Waals surface area (Å²) in [7, 11) is 0. The van der Waals surface area contributed by atoms with Crippen LogP contribution < -0.4 is 0 Å². The van der Waals surface area contributed by atoms with Crippen LogP contribution in [-0.2, 0) is 11.2 Å². The lowest BCUT2D eigenvalue weighted by molar-refractivity contribution is -0.132. The van der Waals surface area contributed by atoms with Crippen LogP contribution in [0.1, 0.15) is 52.7 Å². The fraction of sp³-hybridized carbons (Fsp3) is 0.368. The molecule has 2 aromatic rings. The summed E-state index contributed by atoms with van der Waals surface area (Å²) < 4.78 is 5.69. The zero-order chi connectivity index (χ0) is 17.1. The Morgan fingerprint density at radius 3 is 2.75 bits per heavy atom. The second-order valence-corrected chi connectivity index (χ2v) is 6.16. The summed E-state index contributed by atoms with van der Waals surface area (Å²) in [5, 5.41) is 9.23. The number of benzene rings is 1. The number of hydrogen-bond acceptors (Lipinski definition) is 3. The first-order valence-corrected chi connectivity index (χ1v) is 8.23. The van der Waals surface area contributed by atoms with Crippen molar-refractivity contribution in [2.75, 3.05) is 6.54 Å². The van der Waals surface area contributed by atoms with E-state index in [0.29, 0.717) is 18.4 Å². The lowest BCUT2D eigenvalue weighted by Gasteiger charge is -2.23. The van der Waals surface area contributed by atoms with E-state index in [1.54, 1.807) is 24.3 Å². The first-order valence-electron chi connectivity index (χ1n) is 8.23. The van der Waals surface area contributed by atoms with Crippen LogP contribution >= 0.6 is 0 Å². The third kappa shape index (κ3) is 3.35. The Morgan fingerprint density at radius 1 is 1.25 bits per heavy atom. The van der Waals surface area contributed by atoms with Crippen LogP contribution in [-0.4, -0.2) is 28.4 Å². The number of nitrogens with zero attached hydrogens (tertiary/aromatic N) is 1. The number of rotatable bonds is 5. The van der Waals surface area contributed by atoms with Gasteiger partial charge in [-0.15, -0.1) is 0 Å². The highest BCUT2D eigenvalue weighted by Gasteiger charge is 2.31. The number of carboxylic acid groups (broad SMARTS) is 1. The van der Waals surface area contributed by atoms with Gasteiger partial charge >= 0.3 is 5.97 Å². The molecule has 1 saturated heterocycles. The Labute approximate surface area is 140 Å². The van der Waals surface area contributed by atoms with Crippen molar-refractivity contribution in [1.29, 1.82) is 0 Å². The number of furan rings is 1. The van der Waals surface area contributed by atoms with Gasteiger partial charge in [0.05, 0.1) is 11.6 Å². The first kappa shape index (κ1) is 16.3. The number of carboxylic acids is 1. The summed E-state index contributed by atoms with van der Waals surface area (Å²) in [5.74, 6) is 0.777. The van der Waals surface area contributed by atoms with Gasteiger partial charge in [0.2, 0.25) is 5.91 Å². The molecule has 0 radical (unpaired) electrons. The van der Waals surface area contributed by atoms with E-state index in [-0.39, 0.29) is 17.5 Å². The van der Waals surface area contributed by atoms with Crippen LogP contribution in [0.3, 0.4) is 0 Å². The molecule has 1 aliphatic rings. The lowest BCUT2D eigenvalue weighted by Crippen LogP contribution is -2.30. The van der Waals surface area contributed by atoms with Crippen molar-refractivity contribution in [3.05, 3.63) is 59.0 Å². The number of aryl methyl sites for hydroxylation is 2. The van der Waals surface area contributed by atoms with Crippen molar-refractivity contribution in [2.24, 2.45) is 0 Å². The molecule has 1 aromatic carbocycles. The van der Waals surface area contributed by atoms with Crippen LogP contribution in [0.15, 0.2) is 40.8 Å². The third-order valence-corrected chi connectivity index (χ3v) is 4.52. The summed E-state index contributed by atoms with van der Waals surface area (Å²) in [4.78, 5) is 25.7. The molecule has 2 heterocycles. The Morgan fingerprint density at radius 2 is 2.04 bits per heavy atom. The van der Waals surface area contributed by atoms with Gasteiger partial charge in [0, 0.05) is 13.0 Å². The molecule has 1 amide bonds. The van der Waals surface area contributed by atoms with E-state index in [2.05, 4.69) is 0 Å². The van der Waals surface area contributed by atoms with Crippen LogP contribution in [0.25, 0.3) is 0 Å². The number of aromatic carboxylic acids is 1. The van der Waals surface area contributed by atoms with Crippen molar-refractivity contribution >= 4 is 11.9 Å². The molecular weight excluding hydrogens is 306 g/mol. The molecule has 1 aliphatic heterocycles. The van der Waals surface area contributed by atoms with Crippen molar-refractivity contribution in [3.63, 3.8) is 0 Å². The second kappa shape index (κ2) is 6.91. The van der Waals surface area contributed by atoms with E-state index in [1.807, 2.05) is 24.0 Å². The van der Waals surface area contributed by atoms with Crippen LogP contribution in [0.2, 0.25) is 0 Å². The SMILES string of the molecule is Cc1ccc(C2CCCN2C(=O)CCc2ccccc2C(=O)O)o1. The molecule has 5 nitrogen and oxygen atoms in total. The average molecular weight is 327 g/mol. The van der Waals surface area contributed by atoms with Gasteiger partial charge in [-0.05, 0) is 49.9 Å². The van der Waals surface area contributed by atoms with Gasteiger partial charge < -0.3 is 14.4 Å². The van der Waals surface area contributed by atoms with Crippen LogP contribution in [0.5, 0.6) is 0 Å². The first-order chi connectivity index (χ1) is 11.6. The van der Waals surface area contributed by atoms with E-state index in [9.17, 15) is 14.7 Å². The quantitative estimate of drug-likeness (QED) is 0.911. The molecule has 1 fully saturated rings. The van der Waals surface area contributed by atoms with Gasteiger partial charge in [0.25, 0.3) is 0 Å². The Bertz CT molecular complexity index is 749. The zero-order valence-electron chi connectivity index (χ0n) is 13.7. The van der Waals surface area contributed by atoms with Gasteiger partial charge in [0.15, 0.2) is 0 Å². The molecule has 0 aliphatic carbocycles. The highest BCUT2D eigenvalue weighted by atomic mass is 16.4. The topological polar surface area (TPSA) is 70.8 Å². The van der Waals surface area contributed by atoms with Crippen LogP contribution in [0.4, 0.5) is 0 Å². The maximum atomic E-state index is 12.6. The fourth-order valence-electron chi connectivity index (χ4n) is 3.33. The zero-order valence-corrected chi connectivity index (χ0v) is 13.7. The highest BCUT2D eigenvalue weighted by molar-refractivity contribution is 5.89. The maximum absolute atomic E-state index is 12.6. The van der Waals surface area contributed by atoms with Gasteiger partial charge in [-0.25, -0.2) is 4.79 Å². The van der Waals surface area contributed by atoms with Crippen molar-refractivity contribution < 1.29 is 19.1 Å². The van der Waals surface area contributed by atoms with E-state index < -0.39 is 5.97 Å². The normalized spacial score (nSPS) is 17.2. The van der Waals surface area contributed by atoms with E-state index in [0.717, 1.165) is 30.9 Å². The lowest BCUT2D eigenvalue weighted by atomic mass is 10.0. The number of hydrogen-bond donors (Lipinski definition) is 1. The predicted octanol–water partition coefficient (Wildman–Crippen LogP) is 3.58. The largest absolute Gasteiger partial charge is 0.478 e. The van der Waals surface area contributed by atoms with Crippen molar-refractivity contribution in [3.8, 4) is 0 Å². The van der Waals surface area contributed by atoms with Gasteiger partial charge in [-0.1, -0.05) is 18.2 Å². The second-order valence-electron chi connectivity index (χ2n) is 6.16. The van der Waals surface area contributed by atoms with Gasteiger partial charge in [0.1, 0.15) is 11.5 Å². The monoisotopic (exact) mass is 327 g/mol. The smallest absolute Gasteiger partial charge is 0.335 e. The Hall–Kier alpha value is -2.56. The van der Waals surface area contributed by atoms with Gasteiger partial charge in [-0.3, -0.25) is 4.79 Å². The number of carbonyl (C=O) groups excluding carboxylic acids is 1. The summed E-state index contributed by atoms with van der Waals surface area (Å²) in [6.45, 7) is 2.62. The molecule has 0 saturated carbocycles. The maximum Gasteiger partial charge on any atom is 0.335 e. The van der Waals surface area contributed by atoms with Crippen LogP contribution in [0, 0.1) is 6.92 Å². The predicted molar refractivity (Wildman–Crippen MR) is 88.9 cm³/mol. The minimum atomic E-state index is -0.955. The summed E-state index contributed by atoms with van der Waals surface area (Å²) in [6.07, 6.45) is 2.61. The van der Waals surface area contributed by atoms with Crippen molar-refractivity contribution in [2.45, 2.75) is 38.6 Å². The number of carbonyl (C=O) groups is 2. The minimum absolute atomic E-state index is 0.000850. The Kier molecular flexibility index (Phi) is 4.69. The third-order valence-electron chi connectivity index (χ3n) is 4.52. The minimum Gasteiger partial charge on any atom is -0.478 e. The van der Waals surface area contributed by atoms with Gasteiger partial charge in [-0.2, -0.15) is 0 Å². The molecular formula is C19H21NO4. The molecule has 5 heteroatoms. The van der Waals surface area contributed by atoms with Crippen molar-refractivity contribution in [1.82, 2.24) is 4.90 Å². The summed E-state index contributed by atoms with van der Waals surface area (Å²) in [6, 6.07) is 10.7. The molecule has 3 rings (SSSR count). The molecule has 0 bridgehead atoms. The molecule has 24 heavy (non-hydrogen) atoms. The summed E-state index contributed by atoms with van der Waals surface area (Å²) >= 11 is 0. The van der Waals surface area contributed by atoms with E-state index in [1.165, 1.54) is 0 Å². The summed E-state index contributed by atoms with van der Waals surface area (Å²) in [5.41, 5.74) is 0.966. The molecule has 126 valence electrons. The Balaban J connectivity index is 1.68. The number of amides is 1. The average Bonchev–Trinajstić information content (AvgIpc) is 3.21. The molecule has 1 aromatic heterocycles. The number of likely N-dealkylation sites (tertiary alicyclic amines) is 1. The molecule has 1 atom stereocenters. The standard InChI is InChI=1S/C19H21NO4/c1-13-8-10-17(24-13)16-7-4-12-20(16)18(21)11-9-14-5-2-3-6-15(14)19(22)23/h2-3,5-6,8,10,16H,4,7,9,11-12H2,1H3,(H,22,23). The molecule has 1 N–H and O–H groups in total. The van der Waals surface area contributed by atoms with E-state index in [4.69, 9.17) is 4.42 Å². The molecule has 1 unspecified atom stereocenters. The van der Waals surface area contributed by atoms with E-state index >= 15 is 0 Å². The fourth-order valence-corrected chi connectivity index (χ4v) is 3.33.